The summed E-state index contributed by atoms with van der Waals surface area (Å²) in [5, 5.41) is 6.25. The van der Waals surface area contributed by atoms with Gasteiger partial charge < -0.3 is 0 Å². The van der Waals surface area contributed by atoms with Crippen LogP contribution in [0.25, 0.3) is 0 Å². The number of anilines is 1. The van der Waals surface area contributed by atoms with Crippen LogP contribution in [0, 0.1) is 20.8 Å². The maximum atomic E-state index is 12.5. The van der Waals surface area contributed by atoms with Gasteiger partial charge in [0.2, 0.25) is 0 Å². The van der Waals surface area contributed by atoms with Crippen molar-refractivity contribution in [2.45, 2.75) is 31.5 Å². The number of sulfonamides is 1. The van der Waals surface area contributed by atoms with E-state index in [0.29, 0.717) is 22.1 Å². The summed E-state index contributed by atoms with van der Waals surface area (Å²) in [7, 11) is -3.57. The fraction of sp³-hybridized carbons (Fsp3) is 0.235. The van der Waals surface area contributed by atoms with E-state index in [1.807, 2.05) is 30.7 Å². The van der Waals surface area contributed by atoms with Crippen molar-refractivity contribution in [3.05, 3.63) is 64.3 Å². The molecular weight excluding hydrogens is 378 g/mol. The molecule has 0 spiro atoms. The van der Waals surface area contributed by atoms with Crippen LogP contribution in [0.3, 0.4) is 0 Å². The number of thiophene rings is 1. The van der Waals surface area contributed by atoms with Crippen LogP contribution in [0.5, 0.6) is 0 Å². The Bertz CT molecular complexity index is 964. The molecule has 25 heavy (non-hydrogen) atoms. The molecule has 0 saturated carbocycles. The number of aryl methyl sites for hydroxylation is 2. The van der Waals surface area contributed by atoms with Crippen LogP contribution in [-0.2, 0) is 16.6 Å². The van der Waals surface area contributed by atoms with Crippen LogP contribution in [0.2, 0.25) is 0 Å². The van der Waals surface area contributed by atoms with E-state index in [1.54, 1.807) is 17.5 Å². The second kappa shape index (κ2) is 7.59. The third-order valence-electron chi connectivity index (χ3n) is 3.96. The zero-order valence-electron chi connectivity index (χ0n) is 14.2. The van der Waals surface area contributed by atoms with Gasteiger partial charge in [-0.3, -0.25) is 9.40 Å². The highest BCUT2D eigenvalue weighted by molar-refractivity contribution is 7.94. The second-order valence-corrected chi connectivity index (χ2v) is 8.52. The molecule has 1 aromatic carbocycles. The fourth-order valence-corrected chi connectivity index (χ4v) is 4.72. The van der Waals surface area contributed by atoms with E-state index >= 15 is 0 Å². The van der Waals surface area contributed by atoms with Gasteiger partial charge >= 0.3 is 0 Å². The molecule has 0 amide bonds. The monoisotopic (exact) mass is 397 g/mol. The first kappa shape index (κ1) is 19.5. The van der Waals surface area contributed by atoms with E-state index < -0.39 is 10.0 Å². The summed E-state index contributed by atoms with van der Waals surface area (Å²) < 4.78 is 29.7. The Balaban J connectivity index is 0.00000225. The number of hydrogen-bond acceptors (Lipinski definition) is 4. The summed E-state index contributed by atoms with van der Waals surface area (Å²) in [6, 6.07) is 11.4. The highest BCUT2D eigenvalue weighted by atomic mass is 35.5. The Hall–Kier alpha value is -1.83. The number of nitrogens with one attached hydrogen (secondary N) is 1. The molecule has 0 aliphatic carbocycles. The normalized spacial score (nSPS) is 11.2. The maximum Gasteiger partial charge on any atom is 0.271 e. The first-order valence-electron chi connectivity index (χ1n) is 7.53. The van der Waals surface area contributed by atoms with Gasteiger partial charge in [0.1, 0.15) is 4.21 Å². The number of aromatic nitrogens is 2. The number of rotatable bonds is 5. The van der Waals surface area contributed by atoms with Gasteiger partial charge in [0.25, 0.3) is 10.0 Å². The second-order valence-electron chi connectivity index (χ2n) is 5.67. The van der Waals surface area contributed by atoms with Crippen molar-refractivity contribution in [2.75, 3.05) is 4.72 Å². The van der Waals surface area contributed by atoms with E-state index in [1.165, 1.54) is 16.9 Å². The van der Waals surface area contributed by atoms with Gasteiger partial charge in [0.05, 0.1) is 23.6 Å². The molecule has 2 heterocycles. The summed E-state index contributed by atoms with van der Waals surface area (Å²) in [5.41, 5.74) is 4.37. The first-order valence-corrected chi connectivity index (χ1v) is 9.89. The molecule has 0 atom stereocenters. The molecule has 0 fully saturated rings. The van der Waals surface area contributed by atoms with Crippen LogP contribution in [0.15, 0.2) is 46.0 Å². The Labute approximate surface area is 158 Å². The van der Waals surface area contributed by atoms with Gasteiger partial charge in [-0.15, -0.1) is 23.7 Å². The zero-order chi connectivity index (χ0) is 17.3. The van der Waals surface area contributed by atoms with Crippen molar-refractivity contribution in [3.8, 4) is 0 Å². The Morgan fingerprint density at radius 1 is 1.12 bits per heavy atom. The standard InChI is InChI=1S/C17H19N3O2S2.ClH/c1-12-7-4-5-8-15(12)11-20-14(3)17(13(2)18-20)19-24(21,22)16-9-6-10-23-16;/h4-10,19H,11H2,1-3H3;1H. The third-order valence-corrected chi connectivity index (χ3v) is 6.71. The highest BCUT2D eigenvalue weighted by Crippen LogP contribution is 2.26. The molecule has 0 aliphatic heterocycles. The maximum absolute atomic E-state index is 12.5. The molecule has 134 valence electrons. The summed E-state index contributed by atoms with van der Waals surface area (Å²) >= 11 is 1.19. The molecule has 2 aromatic heterocycles. The molecule has 8 heteroatoms. The lowest BCUT2D eigenvalue weighted by molar-refractivity contribution is 0.603. The largest absolute Gasteiger partial charge is 0.275 e. The molecule has 1 N–H and O–H groups in total. The number of hydrogen-bond donors (Lipinski definition) is 1. The van der Waals surface area contributed by atoms with Crippen LogP contribution in [0.4, 0.5) is 5.69 Å². The van der Waals surface area contributed by atoms with E-state index in [9.17, 15) is 8.42 Å². The van der Waals surface area contributed by atoms with Gasteiger partial charge in [0.15, 0.2) is 0 Å². The smallest absolute Gasteiger partial charge is 0.271 e. The average Bonchev–Trinajstić information content (AvgIpc) is 3.15. The molecule has 5 nitrogen and oxygen atoms in total. The van der Waals surface area contributed by atoms with Gasteiger partial charge in [-0.25, -0.2) is 8.42 Å². The quantitative estimate of drug-likeness (QED) is 0.703. The minimum atomic E-state index is -3.57. The van der Waals surface area contributed by atoms with Crippen molar-refractivity contribution >= 4 is 39.5 Å². The van der Waals surface area contributed by atoms with Crippen molar-refractivity contribution in [2.24, 2.45) is 0 Å². The van der Waals surface area contributed by atoms with E-state index in [-0.39, 0.29) is 12.4 Å². The summed E-state index contributed by atoms with van der Waals surface area (Å²) in [5.74, 6) is 0. The number of nitrogens with zero attached hydrogens (tertiary/aromatic N) is 2. The van der Waals surface area contributed by atoms with Crippen LogP contribution in [0.1, 0.15) is 22.5 Å². The molecule has 3 rings (SSSR count). The summed E-state index contributed by atoms with van der Waals surface area (Å²) in [6.45, 7) is 6.36. The average molecular weight is 398 g/mol. The molecule has 0 aliphatic rings. The third kappa shape index (κ3) is 4.05. The van der Waals surface area contributed by atoms with Crippen LogP contribution in [-0.4, -0.2) is 18.2 Å². The Morgan fingerprint density at radius 3 is 2.48 bits per heavy atom. The fourth-order valence-electron chi connectivity index (χ4n) is 2.55. The Kier molecular flexibility index (Phi) is 5.92. The molecule has 0 saturated heterocycles. The highest BCUT2D eigenvalue weighted by Gasteiger charge is 2.20. The number of benzene rings is 1. The summed E-state index contributed by atoms with van der Waals surface area (Å²) in [6.07, 6.45) is 0. The molecule has 0 unspecified atom stereocenters. The van der Waals surface area contributed by atoms with E-state index in [4.69, 9.17) is 0 Å². The van der Waals surface area contributed by atoms with Crippen molar-refractivity contribution < 1.29 is 8.42 Å². The lowest BCUT2D eigenvalue weighted by Crippen LogP contribution is -2.13. The topological polar surface area (TPSA) is 64.0 Å². The zero-order valence-corrected chi connectivity index (χ0v) is 16.6. The van der Waals surface area contributed by atoms with Crippen molar-refractivity contribution in [1.82, 2.24) is 9.78 Å². The molecule has 3 aromatic rings. The molecule has 0 bridgehead atoms. The first-order chi connectivity index (χ1) is 11.4. The summed E-state index contributed by atoms with van der Waals surface area (Å²) in [4.78, 5) is 0. The molecular formula is C17H20ClN3O2S2. The van der Waals surface area contributed by atoms with Crippen molar-refractivity contribution in [1.29, 1.82) is 0 Å². The van der Waals surface area contributed by atoms with E-state index in [0.717, 1.165) is 11.3 Å². The minimum Gasteiger partial charge on any atom is -0.275 e. The predicted octanol–water partition coefficient (Wildman–Crippen LogP) is 4.14. The van der Waals surface area contributed by atoms with Crippen molar-refractivity contribution in [3.63, 3.8) is 0 Å². The SMILES string of the molecule is Cc1ccccc1Cn1nc(C)c(NS(=O)(=O)c2cccs2)c1C.Cl. The number of halogens is 1. The minimum absolute atomic E-state index is 0. The lowest BCUT2D eigenvalue weighted by atomic mass is 10.1. The van der Waals surface area contributed by atoms with Crippen LogP contribution < -0.4 is 4.72 Å². The lowest BCUT2D eigenvalue weighted by Gasteiger charge is -2.09. The van der Waals surface area contributed by atoms with Gasteiger partial charge in [-0.05, 0) is 43.3 Å². The van der Waals surface area contributed by atoms with Gasteiger partial charge in [-0.1, -0.05) is 30.3 Å². The van der Waals surface area contributed by atoms with Gasteiger partial charge in [0, 0.05) is 0 Å². The Morgan fingerprint density at radius 2 is 1.84 bits per heavy atom. The van der Waals surface area contributed by atoms with E-state index in [2.05, 4.69) is 28.9 Å². The predicted molar refractivity (Wildman–Crippen MR) is 104 cm³/mol. The molecule has 0 radical (unpaired) electrons. The van der Waals surface area contributed by atoms with Gasteiger partial charge in [-0.2, -0.15) is 5.10 Å². The van der Waals surface area contributed by atoms with Crippen LogP contribution >= 0.6 is 23.7 Å².